The maximum atomic E-state index is 5.66. The Kier molecular flexibility index (Phi) is 1.53. The summed E-state index contributed by atoms with van der Waals surface area (Å²) in [7, 11) is 1.90. The van der Waals surface area contributed by atoms with Crippen molar-refractivity contribution in [3.8, 4) is 0 Å². The Morgan fingerprint density at radius 1 is 1.88 bits per heavy atom. The molecule has 0 saturated carbocycles. The summed E-state index contributed by atoms with van der Waals surface area (Å²) < 4.78 is 0. The lowest BCUT2D eigenvalue weighted by molar-refractivity contribution is 0.456. The third-order valence-corrected chi connectivity index (χ3v) is 1.39. The lowest BCUT2D eigenvalue weighted by Crippen LogP contribution is -2.17. The molecule has 8 heavy (non-hydrogen) atoms. The molecular formula is C5H7ClN2. The van der Waals surface area contributed by atoms with Gasteiger partial charge in [0, 0.05) is 13.3 Å². The van der Waals surface area contributed by atoms with Crippen molar-refractivity contribution in [1.82, 2.24) is 4.90 Å². The van der Waals surface area contributed by atoms with E-state index in [1.807, 2.05) is 11.9 Å². The summed E-state index contributed by atoms with van der Waals surface area (Å²) in [5.74, 6) is 0. The predicted molar refractivity (Wildman–Crippen MR) is 35.1 cm³/mol. The van der Waals surface area contributed by atoms with E-state index in [9.17, 15) is 0 Å². The molecule has 44 valence electrons. The van der Waals surface area contributed by atoms with Crippen molar-refractivity contribution in [3.63, 3.8) is 0 Å². The zero-order chi connectivity index (χ0) is 5.98. The van der Waals surface area contributed by atoms with Crippen LogP contribution < -0.4 is 0 Å². The van der Waals surface area contributed by atoms with Gasteiger partial charge in [0.2, 0.25) is 0 Å². The summed E-state index contributed by atoms with van der Waals surface area (Å²) in [6, 6.07) is 0. The van der Waals surface area contributed by atoms with Crippen molar-refractivity contribution in [3.05, 3.63) is 11.2 Å². The van der Waals surface area contributed by atoms with Gasteiger partial charge in [0.25, 0.3) is 0 Å². The Bertz CT molecular complexity index is 139. The van der Waals surface area contributed by atoms with Crippen molar-refractivity contribution >= 4 is 17.8 Å². The molecule has 2 nitrogen and oxygen atoms in total. The van der Waals surface area contributed by atoms with Crippen LogP contribution in [-0.2, 0) is 0 Å². The zero-order valence-electron chi connectivity index (χ0n) is 4.63. The Labute approximate surface area is 53.5 Å². The molecule has 0 atom stereocenters. The molecule has 0 fully saturated rings. The molecule has 0 bridgehead atoms. The Hall–Kier alpha value is -0.500. The lowest BCUT2D eigenvalue weighted by Gasteiger charge is -2.16. The average molecular weight is 131 g/mol. The van der Waals surface area contributed by atoms with Crippen molar-refractivity contribution in [2.45, 2.75) is 0 Å². The monoisotopic (exact) mass is 130 g/mol. The highest BCUT2D eigenvalue weighted by Gasteiger charge is 1.99. The van der Waals surface area contributed by atoms with E-state index in [1.165, 1.54) is 0 Å². The van der Waals surface area contributed by atoms with Crippen LogP contribution in [0.2, 0.25) is 0 Å². The van der Waals surface area contributed by atoms with E-state index in [1.54, 1.807) is 12.3 Å². The number of hydrogen-bond donors (Lipinski definition) is 0. The number of allylic oxidation sites excluding steroid dienone is 1. The minimum Gasteiger partial charge on any atom is -0.346 e. The molecule has 0 N–H and O–H groups in total. The van der Waals surface area contributed by atoms with Crippen LogP contribution >= 0.6 is 11.6 Å². The van der Waals surface area contributed by atoms with Crippen LogP contribution in [0, 0.1) is 0 Å². The standard InChI is InChI=1S/C5H7ClN2/c1-8-4-7-3-2-5(8)6/h2-3H,4H2,1H3. The number of halogens is 1. The molecule has 0 amide bonds. The fraction of sp³-hybridized carbons (Fsp3) is 0.400. The molecule has 0 aromatic carbocycles. The molecule has 1 heterocycles. The lowest BCUT2D eigenvalue weighted by atomic mass is 10.5. The Balaban J connectivity index is 2.66. The van der Waals surface area contributed by atoms with Gasteiger partial charge in [0.15, 0.2) is 0 Å². The maximum Gasteiger partial charge on any atom is 0.110 e. The van der Waals surface area contributed by atoms with E-state index in [4.69, 9.17) is 11.6 Å². The van der Waals surface area contributed by atoms with Gasteiger partial charge in [0.05, 0.1) is 0 Å². The van der Waals surface area contributed by atoms with Gasteiger partial charge in [0.1, 0.15) is 11.8 Å². The number of rotatable bonds is 0. The molecule has 1 rings (SSSR count). The zero-order valence-corrected chi connectivity index (χ0v) is 5.39. The molecular weight excluding hydrogens is 124 g/mol. The first kappa shape index (κ1) is 5.63. The third-order valence-electron chi connectivity index (χ3n) is 0.976. The normalized spacial score (nSPS) is 18.8. The van der Waals surface area contributed by atoms with Crippen molar-refractivity contribution in [2.75, 3.05) is 13.7 Å². The van der Waals surface area contributed by atoms with Crippen molar-refractivity contribution < 1.29 is 0 Å². The second-order valence-electron chi connectivity index (χ2n) is 1.66. The second kappa shape index (κ2) is 2.18. The van der Waals surface area contributed by atoms with Crippen molar-refractivity contribution in [1.29, 1.82) is 0 Å². The van der Waals surface area contributed by atoms with Gasteiger partial charge in [-0.1, -0.05) is 11.6 Å². The quantitative estimate of drug-likeness (QED) is 0.448. The van der Waals surface area contributed by atoms with Gasteiger partial charge in [-0.25, -0.2) is 0 Å². The highest BCUT2D eigenvalue weighted by molar-refractivity contribution is 6.30. The summed E-state index contributed by atoms with van der Waals surface area (Å²) in [5.41, 5.74) is 0. The van der Waals surface area contributed by atoms with Crippen LogP contribution in [0.1, 0.15) is 0 Å². The Morgan fingerprint density at radius 3 is 3.00 bits per heavy atom. The van der Waals surface area contributed by atoms with Gasteiger partial charge in [-0.2, -0.15) is 0 Å². The van der Waals surface area contributed by atoms with Gasteiger partial charge < -0.3 is 4.90 Å². The molecule has 0 unspecified atom stereocenters. The molecule has 0 saturated heterocycles. The summed E-state index contributed by atoms with van der Waals surface area (Å²) in [6.45, 7) is 0.676. The molecule has 0 aromatic heterocycles. The summed E-state index contributed by atoms with van der Waals surface area (Å²) in [6.07, 6.45) is 3.48. The van der Waals surface area contributed by atoms with Crippen LogP contribution in [0.5, 0.6) is 0 Å². The minimum absolute atomic E-state index is 0.676. The smallest absolute Gasteiger partial charge is 0.110 e. The summed E-state index contributed by atoms with van der Waals surface area (Å²) in [4.78, 5) is 5.81. The van der Waals surface area contributed by atoms with Crippen LogP contribution in [0.15, 0.2) is 16.2 Å². The summed E-state index contributed by atoms with van der Waals surface area (Å²) in [5, 5.41) is 0.750. The summed E-state index contributed by atoms with van der Waals surface area (Å²) >= 11 is 5.66. The Morgan fingerprint density at radius 2 is 2.62 bits per heavy atom. The molecule has 1 aliphatic heterocycles. The fourth-order valence-electron chi connectivity index (χ4n) is 0.479. The van der Waals surface area contributed by atoms with E-state index in [0.29, 0.717) is 6.67 Å². The van der Waals surface area contributed by atoms with Crippen molar-refractivity contribution in [2.24, 2.45) is 4.99 Å². The predicted octanol–water partition coefficient (Wildman–Crippen LogP) is 1.04. The topological polar surface area (TPSA) is 15.6 Å². The fourth-order valence-corrected chi connectivity index (χ4v) is 0.588. The van der Waals surface area contributed by atoms with Crippen LogP contribution in [-0.4, -0.2) is 24.8 Å². The molecule has 0 aliphatic carbocycles. The molecule has 3 heteroatoms. The van der Waals surface area contributed by atoms with Crippen LogP contribution in [0.3, 0.4) is 0 Å². The first-order valence-corrected chi connectivity index (χ1v) is 2.75. The average Bonchev–Trinajstić information content (AvgIpc) is 1.77. The van der Waals surface area contributed by atoms with E-state index in [2.05, 4.69) is 4.99 Å². The van der Waals surface area contributed by atoms with Gasteiger partial charge in [-0.05, 0) is 6.08 Å². The van der Waals surface area contributed by atoms with Gasteiger partial charge >= 0.3 is 0 Å². The second-order valence-corrected chi connectivity index (χ2v) is 2.05. The number of hydrogen-bond acceptors (Lipinski definition) is 2. The molecule has 1 aliphatic rings. The largest absolute Gasteiger partial charge is 0.346 e. The van der Waals surface area contributed by atoms with Gasteiger partial charge in [-0.3, -0.25) is 4.99 Å². The van der Waals surface area contributed by atoms with E-state index < -0.39 is 0 Å². The van der Waals surface area contributed by atoms with E-state index in [0.717, 1.165) is 5.16 Å². The molecule has 0 aromatic rings. The first-order chi connectivity index (χ1) is 3.80. The SMILES string of the molecule is CN1CN=CC=C1Cl. The first-order valence-electron chi connectivity index (χ1n) is 2.37. The maximum absolute atomic E-state index is 5.66. The molecule has 0 radical (unpaired) electrons. The highest BCUT2D eigenvalue weighted by atomic mass is 35.5. The number of aliphatic imine (C=N–C) groups is 1. The van der Waals surface area contributed by atoms with Gasteiger partial charge in [-0.15, -0.1) is 0 Å². The number of nitrogens with zero attached hydrogens (tertiary/aromatic N) is 2. The molecule has 0 spiro atoms. The van der Waals surface area contributed by atoms with Crippen LogP contribution in [0.25, 0.3) is 0 Å². The highest BCUT2D eigenvalue weighted by Crippen LogP contribution is 2.07. The minimum atomic E-state index is 0.676. The van der Waals surface area contributed by atoms with E-state index in [-0.39, 0.29) is 0 Å². The third kappa shape index (κ3) is 1.01. The van der Waals surface area contributed by atoms with E-state index >= 15 is 0 Å². The van der Waals surface area contributed by atoms with Crippen LogP contribution in [0.4, 0.5) is 0 Å².